The molecule has 1 aromatic rings. The van der Waals surface area contributed by atoms with E-state index in [9.17, 15) is 14.4 Å². The highest BCUT2D eigenvalue weighted by Crippen LogP contribution is 2.06. The van der Waals surface area contributed by atoms with E-state index < -0.39 is 5.97 Å². The predicted octanol–water partition coefficient (Wildman–Crippen LogP) is -1.21. The van der Waals surface area contributed by atoms with E-state index in [1.54, 1.807) is 6.92 Å². The molecular weight excluding hydrogens is 266 g/mol. The second-order valence-electron chi connectivity index (χ2n) is 4.03. The molecule has 0 aliphatic rings. The van der Waals surface area contributed by atoms with Gasteiger partial charge in [0.2, 0.25) is 11.8 Å². The highest BCUT2D eigenvalue weighted by molar-refractivity contribution is 5.86. The summed E-state index contributed by atoms with van der Waals surface area (Å²) in [5, 5.41) is 21.2. The van der Waals surface area contributed by atoms with E-state index in [1.165, 1.54) is 11.6 Å². The van der Waals surface area contributed by atoms with Gasteiger partial charge in [0.05, 0.1) is 5.69 Å². The minimum absolute atomic E-state index is 0.108. The number of carbonyl (C=O) groups excluding carboxylic acids is 2. The van der Waals surface area contributed by atoms with Gasteiger partial charge in [0.15, 0.2) is 5.69 Å². The SMILES string of the molecule is CCc1c(C(=O)O)nnn1CC(=O)NCCNC(C)=O. The number of nitrogens with zero attached hydrogens (tertiary/aromatic N) is 3. The molecule has 0 aliphatic carbocycles. The van der Waals surface area contributed by atoms with E-state index in [1.807, 2.05) is 0 Å². The average Bonchev–Trinajstić information content (AvgIpc) is 2.77. The number of amides is 2. The largest absolute Gasteiger partial charge is 0.476 e. The van der Waals surface area contributed by atoms with Gasteiger partial charge in [-0.15, -0.1) is 5.10 Å². The second-order valence-corrected chi connectivity index (χ2v) is 4.03. The zero-order valence-electron chi connectivity index (χ0n) is 11.3. The molecule has 0 spiro atoms. The molecule has 9 nitrogen and oxygen atoms in total. The van der Waals surface area contributed by atoms with Gasteiger partial charge in [-0.05, 0) is 6.42 Å². The zero-order valence-corrected chi connectivity index (χ0v) is 11.3. The summed E-state index contributed by atoms with van der Waals surface area (Å²) < 4.78 is 1.26. The molecule has 2 amide bonds. The minimum atomic E-state index is -1.17. The van der Waals surface area contributed by atoms with Gasteiger partial charge in [0, 0.05) is 20.0 Å². The predicted molar refractivity (Wildman–Crippen MR) is 68.1 cm³/mol. The number of rotatable bonds is 7. The number of aromatic carboxylic acids is 1. The molecule has 0 saturated heterocycles. The molecule has 0 fully saturated rings. The molecule has 1 aromatic heterocycles. The maximum atomic E-state index is 11.6. The third-order valence-corrected chi connectivity index (χ3v) is 2.49. The van der Waals surface area contributed by atoms with Gasteiger partial charge in [-0.25, -0.2) is 9.48 Å². The Morgan fingerprint density at radius 2 is 1.90 bits per heavy atom. The number of carbonyl (C=O) groups is 3. The number of carboxylic acid groups (broad SMARTS) is 1. The first-order valence-electron chi connectivity index (χ1n) is 6.12. The Morgan fingerprint density at radius 3 is 2.45 bits per heavy atom. The summed E-state index contributed by atoms with van der Waals surface area (Å²) in [7, 11) is 0. The van der Waals surface area contributed by atoms with Crippen LogP contribution in [0.3, 0.4) is 0 Å². The summed E-state index contributed by atoms with van der Waals surface area (Å²) in [4.78, 5) is 33.2. The topological polar surface area (TPSA) is 126 Å². The smallest absolute Gasteiger partial charge is 0.358 e. The van der Waals surface area contributed by atoms with E-state index in [0.717, 1.165) is 0 Å². The summed E-state index contributed by atoms with van der Waals surface area (Å²) in [5.41, 5.74) is 0.257. The van der Waals surface area contributed by atoms with Crippen LogP contribution in [0, 0.1) is 0 Å². The van der Waals surface area contributed by atoms with Crippen LogP contribution in [0.25, 0.3) is 0 Å². The van der Waals surface area contributed by atoms with Crippen LogP contribution in [0.4, 0.5) is 0 Å². The fourth-order valence-electron chi connectivity index (χ4n) is 1.61. The summed E-state index contributed by atoms with van der Waals surface area (Å²) in [6, 6.07) is 0. The van der Waals surface area contributed by atoms with Gasteiger partial charge < -0.3 is 15.7 Å². The van der Waals surface area contributed by atoms with Crippen LogP contribution < -0.4 is 10.6 Å². The Bertz CT molecular complexity index is 511. The molecule has 0 aliphatic heterocycles. The molecule has 0 atom stereocenters. The summed E-state index contributed by atoms with van der Waals surface area (Å²) in [6.45, 7) is 3.66. The van der Waals surface area contributed by atoms with Gasteiger partial charge in [-0.2, -0.15) is 0 Å². The third-order valence-electron chi connectivity index (χ3n) is 2.49. The van der Waals surface area contributed by atoms with E-state index in [4.69, 9.17) is 5.11 Å². The summed E-state index contributed by atoms with van der Waals surface area (Å²) in [5.74, 6) is -1.67. The van der Waals surface area contributed by atoms with Crippen LogP contribution in [0.2, 0.25) is 0 Å². The molecule has 1 rings (SSSR count). The molecule has 0 saturated carbocycles. The summed E-state index contributed by atoms with van der Waals surface area (Å²) in [6.07, 6.45) is 0.411. The van der Waals surface area contributed by atoms with Crippen LogP contribution >= 0.6 is 0 Å². The van der Waals surface area contributed by atoms with Crippen molar-refractivity contribution in [2.45, 2.75) is 26.8 Å². The van der Waals surface area contributed by atoms with Crippen molar-refractivity contribution in [3.8, 4) is 0 Å². The maximum absolute atomic E-state index is 11.6. The molecule has 20 heavy (non-hydrogen) atoms. The third kappa shape index (κ3) is 4.34. The van der Waals surface area contributed by atoms with Crippen LogP contribution in [-0.4, -0.2) is 51.0 Å². The Balaban J connectivity index is 2.54. The monoisotopic (exact) mass is 283 g/mol. The molecule has 3 N–H and O–H groups in total. The first-order valence-corrected chi connectivity index (χ1v) is 6.12. The Morgan fingerprint density at radius 1 is 1.25 bits per heavy atom. The lowest BCUT2D eigenvalue weighted by atomic mass is 10.2. The number of hydrogen-bond acceptors (Lipinski definition) is 5. The zero-order chi connectivity index (χ0) is 15.1. The molecule has 0 unspecified atom stereocenters. The number of hydrogen-bond donors (Lipinski definition) is 3. The average molecular weight is 283 g/mol. The minimum Gasteiger partial charge on any atom is -0.476 e. The van der Waals surface area contributed by atoms with Gasteiger partial charge in [-0.3, -0.25) is 9.59 Å². The molecule has 0 bridgehead atoms. The first kappa shape index (κ1) is 15.6. The van der Waals surface area contributed by atoms with Gasteiger partial charge in [-0.1, -0.05) is 12.1 Å². The lowest BCUT2D eigenvalue weighted by molar-refractivity contribution is -0.122. The molecule has 1 heterocycles. The normalized spacial score (nSPS) is 10.1. The maximum Gasteiger partial charge on any atom is 0.358 e. The van der Waals surface area contributed by atoms with Crippen LogP contribution in [0.15, 0.2) is 0 Å². The van der Waals surface area contributed by atoms with Crippen molar-refractivity contribution in [2.75, 3.05) is 13.1 Å². The highest BCUT2D eigenvalue weighted by Gasteiger charge is 2.18. The van der Waals surface area contributed by atoms with Crippen molar-refractivity contribution in [3.63, 3.8) is 0 Å². The van der Waals surface area contributed by atoms with E-state index in [0.29, 0.717) is 25.2 Å². The first-order chi connectivity index (χ1) is 9.45. The van der Waals surface area contributed by atoms with Crippen molar-refractivity contribution in [2.24, 2.45) is 0 Å². The fraction of sp³-hybridized carbons (Fsp3) is 0.545. The van der Waals surface area contributed by atoms with Crippen LogP contribution in [0.1, 0.15) is 30.0 Å². The van der Waals surface area contributed by atoms with Crippen LogP contribution in [0.5, 0.6) is 0 Å². The lowest BCUT2D eigenvalue weighted by Gasteiger charge is -2.07. The van der Waals surface area contributed by atoms with E-state index in [-0.39, 0.29) is 24.1 Å². The lowest BCUT2D eigenvalue weighted by Crippen LogP contribution is -2.35. The van der Waals surface area contributed by atoms with Crippen molar-refractivity contribution >= 4 is 17.8 Å². The Labute approximate surface area is 115 Å². The van der Waals surface area contributed by atoms with Crippen molar-refractivity contribution in [3.05, 3.63) is 11.4 Å². The standard InChI is InChI=1S/C11H17N5O4/c1-3-8-10(11(19)20)14-15-16(8)6-9(18)13-5-4-12-7(2)17/h3-6H2,1-2H3,(H,12,17)(H,13,18)(H,19,20). The van der Waals surface area contributed by atoms with E-state index >= 15 is 0 Å². The fourth-order valence-corrected chi connectivity index (χ4v) is 1.61. The molecule has 0 radical (unpaired) electrons. The second kappa shape index (κ2) is 7.22. The van der Waals surface area contributed by atoms with Crippen molar-refractivity contribution in [1.29, 1.82) is 0 Å². The van der Waals surface area contributed by atoms with E-state index in [2.05, 4.69) is 20.9 Å². The van der Waals surface area contributed by atoms with Gasteiger partial charge >= 0.3 is 5.97 Å². The van der Waals surface area contributed by atoms with Gasteiger partial charge in [0.1, 0.15) is 6.54 Å². The highest BCUT2D eigenvalue weighted by atomic mass is 16.4. The molecular formula is C11H17N5O4. The molecule has 9 heteroatoms. The van der Waals surface area contributed by atoms with Crippen molar-refractivity contribution < 1.29 is 19.5 Å². The number of aromatic nitrogens is 3. The van der Waals surface area contributed by atoms with Gasteiger partial charge in [0.25, 0.3) is 0 Å². The Hall–Kier alpha value is -2.45. The Kier molecular flexibility index (Phi) is 5.63. The number of nitrogens with one attached hydrogen (secondary N) is 2. The molecule has 110 valence electrons. The van der Waals surface area contributed by atoms with Crippen molar-refractivity contribution in [1.82, 2.24) is 25.6 Å². The quantitative estimate of drug-likeness (QED) is 0.539. The van der Waals surface area contributed by atoms with Crippen LogP contribution in [-0.2, 0) is 22.6 Å². The summed E-state index contributed by atoms with van der Waals surface area (Å²) >= 11 is 0. The number of carboxylic acids is 1. The molecule has 0 aromatic carbocycles.